The molecule has 29 heavy (non-hydrogen) atoms. The Morgan fingerprint density at radius 3 is 2.34 bits per heavy atom. The fourth-order valence-electron chi connectivity index (χ4n) is 3.49. The lowest BCUT2D eigenvalue weighted by Crippen LogP contribution is -2.29. The van der Waals surface area contributed by atoms with E-state index < -0.39 is 5.60 Å². The van der Waals surface area contributed by atoms with Gasteiger partial charge in [-0.05, 0) is 54.1 Å². The van der Waals surface area contributed by atoms with Gasteiger partial charge in [0.1, 0.15) is 17.0 Å². The number of para-hydroxylation sites is 1. The number of imide groups is 1. The quantitative estimate of drug-likeness (QED) is 0.464. The van der Waals surface area contributed by atoms with Gasteiger partial charge in [0.05, 0.1) is 14.9 Å². The van der Waals surface area contributed by atoms with E-state index in [1.165, 1.54) is 11.3 Å². The number of rotatable bonds is 2. The molecule has 0 N–H and O–H groups in total. The summed E-state index contributed by atoms with van der Waals surface area (Å²) < 4.78 is 6.93. The maximum atomic E-state index is 12.8. The molecule has 2 amide bonds. The normalized spacial score (nSPS) is 16.6. The molecule has 5 rings (SSSR count). The van der Waals surface area contributed by atoms with Gasteiger partial charge in [-0.15, -0.1) is 0 Å². The molecule has 5 nitrogen and oxygen atoms in total. The summed E-state index contributed by atoms with van der Waals surface area (Å²) in [5.74, 6) is 0.0301. The molecular weight excluding hydrogens is 452 g/mol. The summed E-state index contributed by atoms with van der Waals surface area (Å²) in [4.78, 5) is 31.4. The molecule has 7 heteroatoms. The third-order valence-electron chi connectivity index (χ3n) is 4.89. The molecule has 3 heterocycles. The smallest absolute Gasteiger partial charge is 0.268 e. The van der Waals surface area contributed by atoms with Crippen molar-refractivity contribution in [2.24, 2.45) is 0 Å². The van der Waals surface area contributed by atoms with Gasteiger partial charge < -0.3 is 4.74 Å². The molecular formula is C22H15BrN2O3S. The Balaban J connectivity index is 1.60. The van der Waals surface area contributed by atoms with Gasteiger partial charge in [-0.25, -0.2) is 9.88 Å². The van der Waals surface area contributed by atoms with Gasteiger partial charge in [0.25, 0.3) is 11.8 Å². The summed E-state index contributed by atoms with van der Waals surface area (Å²) in [6.45, 7) is 3.98. The summed E-state index contributed by atoms with van der Waals surface area (Å²) in [7, 11) is 0. The molecule has 0 atom stereocenters. The number of ether oxygens (including phenoxy) is 1. The number of aromatic nitrogens is 1. The minimum Gasteiger partial charge on any atom is -0.482 e. The second-order valence-electron chi connectivity index (χ2n) is 7.37. The number of anilines is 1. The number of halogens is 1. The van der Waals surface area contributed by atoms with E-state index in [1.54, 1.807) is 24.3 Å². The average molecular weight is 467 g/mol. The van der Waals surface area contributed by atoms with Crippen molar-refractivity contribution in [3.63, 3.8) is 0 Å². The molecule has 144 valence electrons. The van der Waals surface area contributed by atoms with Crippen molar-refractivity contribution in [1.82, 2.24) is 4.98 Å². The number of carbonyl (C=O) groups excluding carboxylic acids is 2. The molecule has 2 aliphatic heterocycles. The van der Waals surface area contributed by atoms with E-state index in [-0.39, 0.29) is 11.8 Å². The number of amides is 2. The molecule has 0 spiro atoms. The minimum atomic E-state index is -0.434. The van der Waals surface area contributed by atoms with E-state index in [2.05, 4.69) is 20.9 Å². The van der Waals surface area contributed by atoms with Crippen LogP contribution >= 0.6 is 27.3 Å². The first kappa shape index (κ1) is 18.3. The molecule has 0 saturated heterocycles. The lowest BCUT2D eigenvalue weighted by atomic mass is 9.99. The number of benzene rings is 2. The number of thiazole rings is 1. The van der Waals surface area contributed by atoms with Crippen molar-refractivity contribution in [3.8, 4) is 17.0 Å². The summed E-state index contributed by atoms with van der Waals surface area (Å²) in [5, 5.41) is 0.335. The molecule has 1 aromatic heterocycles. The van der Waals surface area contributed by atoms with Crippen LogP contribution in [-0.2, 0) is 0 Å². The third kappa shape index (κ3) is 2.84. The molecule has 2 aliphatic rings. The molecule has 0 radical (unpaired) electrons. The number of fused-ring (bicyclic) bond motifs is 2. The molecule has 2 aromatic carbocycles. The average Bonchev–Trinajstić information content (AvgIpc) is 3.18. The van der Waals surface area contributed by atoms with E-state index in [0.717, 1.165) is 25.6 Å². The zero-order chi connectivity index (χ0) is 20.3. The van der Waals surface area contributed by atoms with Crippen molar-refractivity contribution >= 4 is 50.3 Å². The Labute approximate surface area is 179 Å². The number of nitrogens with zero attached hydrogens (tertiary/aromatic N) is 2. The number of hydrogen-bond donors (Lipinski definition) is 0. The molecule has 0 bridgehead atoms. The second kappa shape index (κ2) is 6.37. The van der Waals surface area contributed by atoms with E-state index >= 15 is 0 Å². The fraction of sp³-hybridized carbons (Fsp3) is 0.136. The predicted molar refractivity (Wildman–Crippen MR) is 117 cm³/mol. The van der Waals surface area contributed by atoms with Crippen molar-refractivity contribution in [2.75, 3.05) is 4.90 Å². The fourth-order valence-corrected chi connectivity index (χ4v) is 5.03. The Kier molecular flexibility index (Phi) is 4.01. The van der Waals surface area contributed by atoms with Crippen LogP contribution in [0.25, 0.3) is 17.3 Å². The number of carbonyl (C=O) groups is 2. The molecule has 0 aliphatic carbocycles. The van der Waals surface area contributed by atoms with Crippen molar-refractivity contribution in [1.29, 1.82) is 0 Å². The first-order chi connectivity index (χ1) is 13.9. The molecule has 0 saturated carbocycles. The van der Waals surface area contributed by atoms with Gasteiger partial charge in [0, 0.05) is 11.1 Å². The van der Waals surface area contributed by atoms with Gasteiger partial charge in [0.2, 0.25) is 5.13 Å². The third-order valence-corrected chi connectivity index (χ3v) is 6.58. The summed E-state index contributed by atoms with van der Waals surface area (Å²) in [6, 6.07) is 12.7. The highest BCUT2D eigenvalue weighted by atomic mass is 79.9. The number of hydrogen-bond acceptors (Lipinski definition) is 5. The van der Waals surface area contributed by atoms with Crippen LogP contribution in [0.4, 0.5) is 5.13 Å². The maximum absolute atomic E-state index is 12.8. The largest absolute Gasteiger partial charge is 0.482 e. The SMILES string of the molecule is CC1(C)C=Cc2cccc(-c3nc(N4C(=O)c5ccccc5C4=O)sc3Br)c2O1. The summed E-state index contributed by atoms with van der Waals surface area (Å²) in [6.07, 6.45) is 4.05. The van der Waals surface area contributed by atoms with Crippen LogP contribution in [0.5, 0.6) is 5.75 Å². The van der Waals surface area contributed by atoms with Gasteiger partial charge in [-0.1, -0.05) is 41.7 Å². The van der Waals surface area contributed by atoms with Gasteiger partial charge in [-0.2, -0.15) is 0 Å². The monoisotopic (exact) mass is 466 g/mol. The first-order valence-corrected chi connectivity index (χ1v) is 10.6. The lowest BCUT2D eigenvalue weighted by molar-refractivity contribution is 0.0926. The molecule has 3 aromatic rings. The predicted octanol–water partition coefficient (Wildman–Crippen LogP) is 5.56. The Morgan fingerprint density at radius 2 is 1.66 bits per heavy atom. The van der Waals surface area contributed by atoms with Crippen molar-refractivity contribution in [3.05, 3.63) is 69.0 Å². The van der Waals surface area contributed by atoms with Gasteiger partial charge in [0.15, 0.2) is 0 Å². The Bertz CT molecular complexity index is 1190. The van der Waals surface area contributed by atoms with Crippen LogP contribution in [0.3, 0.4) is 0 Å². The highest BCUT2D eigenvalue weighted by Gasteiger charge is 2.39. The van der Waals surface area contributed by atoms with Gasteiger partial charge in [-0.3, -0.25) is 9.59 Å². The second-order valence-corrected chi connectivity index (χ2v) is 9.67. The van der Waals surface area contributed by atoms with Crippen LogP contribution in [0.2, 0.25) is 0 Å². The standard InChI is InChI=1S/C22H15BrN2O3S/c1-22(2)11-10-12-6-5-9-15(17(12)28-22)16-18(23)29-21(24-16)25-19(26)13-7-3-4-8-14(13)20(25)27/h3-11H,1-2H3. The van der Waals surface area contributed by atoms with E-state index in [4.69, 9.17) is 4.74 Å². The lowest BCUT2D eigenvalue weighted by Gasteiger charge is -2.29. The first-order valence-electron chi connectivity index (χ1n) is 9.01. The zero-order valence-corrected chi connectivity index (χ0v) is 18.0. The topological polar surface area (TPSA) is 59.5 Å². The summed E-state index contributed by atoms with van der Waals surface area (Å²) >= 11 is 4.82. The van der Waals surface area contributed by atoms with E-state index in [1.807, 2.05) is 44.2 Å². The van der Waals surface area contributed by atoms with Gasteiger partial charge >= 0.3 is 0 Å². The Hall–Kier alpha value is -2.77. The minimum absolute atomic E-state index is 0.335. The van der Waals surface area contributed by atoms with Crippen LogP contribution < -0.4 is 9.64 Å². The van der Waals surface area contributed by atoms with Crippen LogP contribution in [0, 0.1) is 0 Å². The van der Waals surface area contributed by atoms with Crippen molar-refractivity contribution in [2.45, 2.75) is 19.4 Å². The molecule has 0 fully saturated rings. The molecule has 0 unspecified atom stereocenters. The van der Waals surface area contributed by atoms with Crippen LogP contribution in [0.15, 0.2) is 52.3 Å². The highest BCUT2D eigenvalue weighted by Crippen LogP contribution is 2.45. The van der Waals surface area contributed by atoms with Crippen LogP contribution in [-0.4, -0.2) is 22.4 Å². The maximum Gasteiger partial charge on any atom is 0.268 e. The van der Waals surface area contributed by atoms with E-state index in [0.29, 0.717) is 22.0 Å². The zero-order valence-electron chi connectivity index (χ0n) is 15.6. The van der Waals surface area contributed by atoms with E-state index in [9.17, 15) is 9.59 Å². The highest BCUT2D eigenvalue weighted by molar-refractivity contribution is 9.11. The summed E-state index contributed by atoms with van der Waals surface area (Å²) in [5.41, 5.74) is 2.78. The van der Waals surface area contributed by atoms with Crippen molar-refractivity contribution < 1.29 is 14.3 Å². The van der Waals surface area contributed by atoms with Crippen LogP contribution in [0.1, 0.15) is 40.1 Å². The Morgan fingerprint density at radius 1 is 1.00 bits per heavy atom.